The summed E-state index contributed by atoms with van der Waals surface area (Å²) in [6.45, 7) is 7.05. The number of ether oxygens (including phenoxy) is 3. The molecule has 3 N–H and O–H groups in total. The number of nitrogens with one attached hydrogen (secondary N) is 3. The molecule has 5 heterocycles. The summed E-state index contributed by atoms with van der Waals surface area (Å²) < 4.78 is 17.7. The van der Waals surface area contributed by atoms with Gasteiger partial charge >= 0.3 is 0 Å². The fraction of sp³-hybridized carbons (Fsp3) is 0.216. The maximum absolute atomic E-state index is 6.33. The fourth-order valence-corrected chi connectivity index (χ4v) is 5.90. The van der Waals surface area contributed by atoms with Crippen LogP contribution in [0, 0.1) is 0 Å². The Kier molecular flexibility index (Phi) is 8.62. The van der Waals surface area contributed by atoms with E-state index in [0.717, 1.165) is 72.4 Å². The maximum Gasteiger partial charge on any atom is 0.158 e. The number of hydrogen-bond acceptors (Lipinski definition) is 9. The Hall–Kier alpha value is -5.88. The molecule has 0 spiro atoms. The molecule has 0 fully saturated rings. The summed E-state index contributed by atoms with van der Waals surface area (Å²) in [5, 5.41) is 26.8. The van der Waals surface area contributed by atoms with Crippen molar-refractivity contribution in [2.75, 3.05) is 26.6 Å². The van der Waals surface area contributed by atoms with Gasteiger partial charge in [-0.1, -0.05) is 44.5 Å². The average Bonchev–Trinajstić information content (AvgIpc) is 3.90. The van der Waals surface area contributed by atoms with Gasteiger partial charge in [-0.15, -0.1) is 0 Å². The Labute approximate surface area is 292 Å². The molecule has 0 aliphatic heterocycles. The largest absolute Gasteiger partial charge is 0.497 e. The van der Waals surface area contributed by atoms with Crippen molar-refractivity contribution >= 4 is 66.8 Å². The number of halogens is 1. The SMILES string of the molecule is COc1ccc(Cn2cc3c(n2)c(Cl)nc2ccc(OC)cc23)cc1.COc1ccc2nc(Nc3cc(C(C)(C)C)[nH]n3)c3[nH]ncc3c2c1. The van der Waals surface area contributed by atoms with E-state index in [1.165, 1.54) is 0 Å². The van der Waals surface area contributed by atoms with Crippen molar-refractivity contribution < 1.29 is 14.2 Å². The van der Waals surface area contributed by atoms with Crippen molar-refractivity contribution in [3.63, 3.8) is 0 Å². The normalized spacial score (nSPS) is 11.6. The Morgan fingerprint density at radius 3 is 2.04 bits per heavy atom. The fourth-order valence-electron chi connectivity index (χ4n) is 5.67. The maximum atomic E-state index is 6.33. The minimum atomic E-state index is 0.00358. The van der Waals surface area contributed by atoms with Crippen molar-refractivity contribution in [1.29, 1.82) is 0 Å². The quantitative estimate of drug-likeness (QED) is 0.141. The number of aromatic amines is 2. The van der Waals surface area contributed by atoms with Crippen LogP contribution in [0.5, 0.6) is 17.2 Å². The van der Waals surface area contributed by atoms with Gasteiger partial charge in [0.25, 0.3) is 0 Å². The summed E-state index contributed by atoms with van der Waals surface area (Å²) in [5.74, 6) is 3.82. The summed E-state index contributed by atoms with van der Waals surface area (Å²) >= 11 is 6.33. The third-order valence-corrected chi connectivity index (χ3v) is 8.67. The van der Waals surface area contributed by atoms with E-state index in [2.05, 4.69) is 56.6 Å². The number of aromatic nitrogens is 8. The molecule has 13 heteroatoms. The lowest BCUT2D eigenvalue weighted by atomic mass is 9.92. The van der Waals surface area contributed by atoms with Gasteiger partial charge < -0.3 is 19.5 Å². The lowest BCUT2D eigenvalue weighted by Crippen LogP contribution is -2.11. The molecule has 12 nitrogen and oxygen atoms in total. The van der Waals surface area contributed by atoms with Gasteiger partial charge in [0.05, 0.1) is 45.1 Å². The average molecular weight is 690 g/mol. The zero-order valence-corrected chi connectivity index (χ0v) is 29.3. The Balaban J connectivity index is 0.000000157. The molecule has 254 valence electrons. The van der Waals surface area contributed by atoms with Crippen molar-refractivity contribution in [3.05, 3.63) is 95.5 Å². The molecule has 0 bridgehead atoms. The molecule has 0 aliphatic rings. The molecular weight excluding hydrogens is 654 g/mol. The molecule has 0 amide bonds. The van der Waals surface area contributed by atoms with Crippen LogP contribution in [0.1, 0.15) is 32.0 Å². The number of anilines is 2. The molecule has 8 rings (SSSR count). The summed E-state index contributed by atoms with van der Waals surface area (Å²) in [7, 11) is 4.96. The highest BCUT2D eigenvalue weighted by Gasteiger charge is 2.18. The highest BCUT2D eigenvalue weighted by molar-refractivity contribution is 6.35. The molecule has 0 atom stereocenters. The molecule has 50 heavy (non-hydrogen) atoms. The van der Waals surface area contributed by atoms with Crippen LogP contribution in [0.2, 0.25) is 5.15 Å². The van der Waals surface area contributed by atoms with Gasteiger partial charge in [-0.3, -0.25) is 14.9 Å². The first-order valence-corrected chi connectivity index (χ1v) is 16.3. The van der Waals surface area contributed by atoms with Crippen LogP contribution in [0.3, 0.4) is 0 Å². The van der Waals surface area contributed by atoms with E-state index >= 15 is 0 Å². The summed E-state index contributed by atoms with van der Waals surface area (Å²) in [4.78, 5) is 9.17. The van der Waals surface area contributed by atoms with Crippen LogP contribution in [-0.4, -0.2) is 61.5 Å². The topological polar surface area (TPSA) is 141 Å². The third-order valence-electron chi connectivity index (χ3n) is 8.41. The molecule has 8 aromatic rings. The van der Waals surface area contributed by atoms with E-state index in [0.29, 0.717) is 23.0 Å². The lowest BCUT2D eigenvalue weighted by molar-refractivity contribution is 0.414. The first-order valence-electron chi connectivity index (χ1n) is 15.9. The number of pyridine rings is 2. The minimum absolute atomic E-state index is 0.00358. The number of H-pyrrole nitrogens is 2. The van der Waals surface area contributed by atoms with E-state index in [1.54, 1.807) is 27.5 Å². The van der Waals surface area contributed by atoms with E-state index in [-0.39, 0.29) is 5.41 Å². The van der Waals surface area contributed by atoms with Crippen LogP contribution < -0.4 is 19.5 Å². The Morgan fingerprint density at radius 1 is 0.760 bits per heavy atom. The summed E-state index contributed by atoms with van der Waals surface area (Å²) in [6, 6.07) is 21.5. The second-order valence-corrected chi connectivity index (χ2v) is 13.1. The van der Waals surface area contributed by atoms with Crippen molar-refractivity contribution in [2.45, 2.75) is 32.7 Å². The van der Waals surface area contributed by atoms with Crippen molar-refractivity contribution in [3.8, 4) is 17.2 Å². The van der Waals surface area contributed by atoms with Gasteiger partial charge in [-0.2, -0.15) is 15.3 Å². The third kappa shape index (κ3) is 6.45. The minimum Gasteiger partial charge on any atom is -0.497 e. The summed E-state index contributed by atoms with van der Waals surface area (Å²) in [6.07, 6.45) is 3.80. The van der Waals surface area contributed by atoms with Gasteiger partial charge in [-0.25, -0.2) is 9.97 Å². The van der Waals surface area contributed by atoms with Gasteiger partial charge in [0.1, 0.15) is 28.3 Å². The standard InChI is InChI=1S/C19H16ClN3O2.C18H20N6O/c1-24-13-5-3-12(4-6-13)10-23-11-16-15-9-14(25-2)7-8-17(15)21-19(20)18(16)22-23;1-18(2,3)14-8-15(23-22-14)21-17-16-12(9-19-24-16)11-7-10(25-4)5-6-13(11)20-17/h3-9,11H,10H2,1-2H3;5-9H,1-4H3,(H,19,24)(H2,20,21,22,23). The first-order chi connectivity index (χ1) is 24.1. The molecule has 0 unspecified atom stereocenters. The molecule has 3 aromatic carbocycles. The molecule has 5 aromatic heterocycles. The van der Waals surface area contributed by atoms with E-state index in [4.69, 9.17) is 30.8 Å². The highest BCUT2D eigenvalue weighted by atomic mass is 35.5. The van der Waals surface area contributed by atoms with Crippen LogP contribution in [-0.2, 0) is 12.0 Å². The number of nitrogens with zero attached hydrogens (tertiary/aromatic N) is 6. The van der Waals surface area contributed by atoms with E-state index in [1.807, 2.05) is 77.6 Å². The second kappa shape index (κ2) is 13.2. The van der Waals surface area contributed by atoms with Gasteiger partial charge in [0, 0.05) is 44.9 Å². The summed E-state index contributed by atoms with van der Waals surface area (Å²) in [5.41, 5.74) is 5.40. The zero-order valence-electron chi connectivity index (χ0n) is 28.5. The van der Waals surface area contributed by atoms with Gasteiger partial charge in [0.15, 0.2) is 16.8 Å². The number of benzene rings is 3. The number of rotatable bonds is 7. The smallest absolute Gasteiger partial charge is 0.158 e. The monoisotopic (exact) mass is 689 g/mol. The lowest BCUT2D eigenvalue weighted by Gasteiger charge is -2.14. The van der Waals surface area contributed by atoms with Crippen LogP contribution in [0.25, 0.3) is 43.6 Å². The Morgan fingerprint density at radius 2 is 1.40 bits per heavy atom. The van der Waals surface area contributed by atoms with Crippen molar-refractivity contribution in [2.24, 2.45) is 0 Å². The van der Waals surface area contributed by atoms with E-state index in [9.17, 15) is 0 Å². The van der Waals surface area contributed by atoms with Crippen LogP contribution in [0.15, 0.2) is 79.1 Å². The van der Waals surface area contributed by atoms with Gasteiger partial charge in [0.2, 0.25) is 0 Å². The van der Waals surface area contributed by atoms with Crippen molar-refractivity contribution in [1.82, 2.24) is 40.1 Å². The molecule has 0 radical (unpaired) electrons. The number of fused-ring (bicyclic) bond motifs is 6. The van der Waals surface area contributed by atoms with Crippen LogP contribution >= 0.6 is 11.6 Å². The number of hydrogen-bond donors (Lipinski definition) is 3. The molecule has 0 saturated heterocycles. The molecule has 0 saturated carbocycles. The highest BCUT2D eigenvalue weighted by Crippen LogP contribution is 2.33. The molecular formula is C37H36ClN9O3. The Bertz CT molecular complexity index is 2460. The second-order valence-electron chi connectivity index (χ2n) is 12.8. The molecule has 0 aliphatic carbocycles. The zero-order chi connectivity index (χ0) is 35.0. The predicted molar refractivity (Wildman–Crippen MR) is 197 cm³/mol. The van der Waals surface area contributed by atoms with E-state index < -0.39 is 0 Å². The number of methoxy groups -OCH3 is 3. The van der Waals surface area contributed by atoms with Gasteiger partial charge in [-0.05, 0) is 54.1 Å². The predicted octanol–water partition coefficient (Wildman–Crippen LogP) is 8.19. The first kappa shape index (κ1) is 32.7. The van der Waals surface area contributed by atoms with Crippen LogP contribution in [0.4, 0.5) is 11.6 Å².